The van der Waals surface area contributed by atoms with Gasteiger partial charge < -0.3 is 10.1 Å². The summed E-state index contributed by atoms with van der Waals surface area (Å²) in [5.41, 5.74) is 3.66. The lowest BCUT2D eigenvalue weighted by molar-refractivity contribution is 0.403. The van der Waals surface area contributed by atoms with Gasteiger partial charge in [-0.2, -0.15) is 9.61 Å². The number of aryl methyl sites for hydroxylation is 1. The van der Waals surface area contributed by atoms with E-state index in [9.17, 15) is 16.8 Å². The zero-order valence-electron chi connectivity index (χ0n) is 22.0. The molecule has 2 N–H and O–H groups in total. The van der Waals surface area contributed by atoms with Crippen LogP contribution in [0.15, 0.2) is 94.9 Å². The molecule has 0 aliphatic heterocycles. The number of anilines is 2. The molecule has 0 atom stereocenters. The minimum Gasteiger partial charge on any atom is -0.495 e. The standard InChI is InChI=1S/C28H27N5O5S2/c1-19-27(21-12-13-24(38-2)25(17-21)40(36,37)32-22-9-5-4-6-10-22)28-29-15-14-26(33(28)31-19)30-18-20-8-7-11-23(16-20)39(3,34)35/h4-17,30,32H,18H2,1-3H3. The minimum atomic E-state index is -3.98. The summed E-state index contributed by atoms with van der Waals surface area (Å²) in [6, 6.07) is 22.0. The number of sulfone groups is 1. The maximum Gasteiger partial charge on any atom is 0.265 e. The summed E-state index contributed by atoms with van der Waals surface area (Å²) in [5, 5.41) is 7.96. The van der Waals surface area contributed by atoms with Gasteiger partial charge in [0.2, 0.25) is 0 Å². The first kappa shape index (κ1) is 27.2. The lowest BCUT2D eigenvalue weighted by Gasteiger charge is -2.13. The number of methoxy groups -OCH3 is 1. The summed E-state index contributed by atoms with van der Waals surface area (Å²) >= 11 is 0. The number of hydrogen-bond acceptors (Lipinski definition) is 8. The van der Waals surface area contributed by atoms with Crippen LogP contribution in [0.1, 0.15) is 11.3 Å². The summed E-state index contributed by atoms with van der Waals surface area (Å²) in [6.45, 7) is 2.18. The van der Waals surface area contributed by atoms with Gasteiger partial charge in [-0.3, -0.25) is 4.72 Å². The fourth-order valence-corrected chi connectivity index (χ4v) is 6.31. The van der Waals surface area contributed by atoms with Crippen LogP contribution in [0.5, 0.6) is 5.75 Å². The fraction of sp³-hybridized carbons (Fsp3) is 0.143. The number of rotatable bonds is 9. The molecule has 0 aliphatic carbocycles. The van der Waals surface area contributed by atoms with Gasteiger partial charge in [-0.15, -0.1) is 0 Å². The molecule has 0 spiro atoms. The van der Waals surface area contributed by atoms with E-state index < -0.39 is 19.9 Å². The average Bonchev–Trinajstić information content (AvgIpc) is 3.27. The van der Waals surface area contributed by atoms with Crippen molar-refractivity contribution in [2.45, 2.75) is 23.3 Å². The first-order valence-electron chi connectivity index (χ1n) is 12.2. The lowest BCUT2D eigenvalue weighted by atomic mass is 10.1. The molecule has 0 bridgehead atoms. The van der Waals surface area contributed by atoms with Gasteiger partial charge >= 0.3 is 0 Å². The van der Waals surface area contributed by atoms with E-state index in [-0.39, 0.29) is 15.5 Å². The second kappa shape index (κ2) is 10.6. The molecule has 2 aromatic heterocycles. The first-order chi connectivity index (χ1) is 19.1. The maximum atomic E-state index is 13.3. The van der Waals surface area contributed by atoms with Gasteiger partial charge in [-0.1, -0.05) is 36.4 Å². The molecule has 0 fully saturated rings. The van der Waals surface area contributed by atoms with Crippen molar-refractivity contribution in [1.29, 1.82) is 0 Å². The molecule has 10 nitrogen and oxygen atoms in total. The van der Waals surface area contributed by atoms with Gasteiger partial charge in [-0.05, 0) is 60.5 Å². The molecule has 0 radical (unpaired) electrons. The van der Waals surface area contributed by atoms with Crippen LogP contribution in [-0.2, 0) is 26.4 Å². The van der Waals surface area contributed by atoms with Crippen molar-refractivity contribution in [1.82, 2.24) is 14.6 Å². The lowest BCUT2D eigenvalue weighted by Crippen LogP contribution is -2.14. The molecule has 0 amide bonds. The monoisotopic (exact) mass is 577 g/mol. The SMILES string of the molecule is COc1ccc(-c2c(C)nn3c(NCc4cccc(S(C)(=O)=O)c4)ccnc23)cc1S(=O)(=O)Nc1ccccc1. The molecular formula is C28H27N5O5S2. The predicted molar refractivity (Wildman–Crippen MR) is 154 cm³/mol. The van der Waals surface area contributed by atoms with E-state index >= 15 is 0 Å². The number of nitrogens with zero attached hydrogens (tertiary/aromatic N) is 3. The van der Waals surface area contributed by atoms with E-state index in [2.05, 4.69) is 20.1 Å². The highest BCUT2D eigenvalue weighted by Gasteiger charge is 2.23. The van der Waals surface area contributed by atoms with Crippen LogP contribution in [0.4, 0.5) is 11.5 Å². The smallest absolute Gasteiger partial charge is 0.265 e. The van der Waals surface area contributed by atoms with Crippen LogP contribution >= 0.6 is 0 Å². The van der Waals surface area contributed by atoms with Crippen molar-refractivity contribution in [2.75, 3.05) is 23.4 Å². The second-order valence-electron chi connectivity index (χ2n) is 9.14. The van der Waals surface area contributed by atoms with Crippen LogP contribution in [0.2, 0.25) is 0 Å². The normalized spacial score (nSPS) is 11.9. The molecule has 3 aromatic carbocycles. The minimum absolute atomic E-state index is 0.0184. The van der Waals surface area contributed by atoms with Crippen LogP contribution in [0.25, 0.3) is 16.8 Å². The topological polar surface area (TPSA) is 132 Å². The molecular weight excluding hydrogens is 550 g/mol. The Balaban J connectivity index is 1.51. The number of fused-ring (bicyclic) bond motifs is 1. The molecule has 0 unspecified atom stereocenters. The van der Waals surface area contributed by atoms with Crippen LogP contribution in [0.3, 0.4) is 0 Å². The van der Waals surface area contributed by atoms with E-state index in [1.54, 1.807) is 83.5 Å². The summed E-state index contributed by atoms with van der Waals surface area (Å²) in [7, 11) is -5.88. The van der Waals surface area contributed by atoms with Crippen molar-refractivity contribution < 1.29 is 21.6 Å². The number of para-hydroxylation sites is 1. The van der Waals surface area contributed by atoms with E-state index in [1.807, 2.05) is 13.0 Å². The molecule has 40 heavy (non-hydrogen) atoms. The summed E-state index contributed by atoms with van der Waals surface area (Å²) in [4.78, 5) is 4.76. The zero-order valence-corrected chi connectivity index (χ0v) is 23.6. The number of benzene rings is 3. The quantitative estimate of drug-likeness (QED) is 0.261. The second-order valence-corrected chi connectivity index (χ2v) is 12.8. The summed E-state index contributed by atoms with van der Waals surface area (Å²) in [5.74, 6) is 0.837. The van der Waals surface area contributed by atoms with Gasteiger partial charge in [0.1, 0.15) is 16.5 Å². The predicted octanol–water partition coefficient (Wildman–Crippen LogP) is 4.53. The largest absolute Gasteiger partial charge is 0.495 e. The number of hydrogen-bond donors (Lipinski definition) is 2. The Morgan fingerprint density at radius 1 is 0.925 bits per heavy atom. The Morgan fingerprint density at radius 2 is 1.70 bits per heavy atom. The molecule has 5 aromatic rings. The first-order valence-corrected chi connectivity index (χ1v) is 15.6. The van der Waals surface area contributed by atoms with Crippen LogP contribution in [-0.4, -0.2) is 44.8 Å². The Labute approximate surface area is 232 Å². The molecule has 2 heterocycles. The number of sulfonamides is 1. The van der Waals surface area contributed by atoms with Gasteiger partial charge in [0.15, 0.2) is 15.5 Å². The van der Waals surface area contributed by atoms with E-state index in [0.717, 1.165) is 5.56 Å². The van der Waals surface area contributed by atoms with E-state index in [1.165, 1.54) is 13.4 Å². The molecule has 12 heteroatoms. The number of ether oxygens (including phenoxy) is 1. The third kappa shape index (κ3) is 5.49. The highest BCUT2D eigenvalue weighted by Crippen LogP contribution is 2.34. The third-order valence-electron chi connectivity index (χ3n) is 6.26. The van der Waals surface area contributed by atoms with Crippen LogP contribution < -0.4 is 14.8 Å². The zero-order chi connectivity index (χ0) is 28.5. The maximum absolute atomic E-state index is 13.3. The van der Waals surface area contributed by atoms with Gasteiger partial charge in [0, 0.05) is 30.2 Å². The third-order valence-corrected chi connectivity index (χ3v) is 8.77. The Morgan fingerprint density at radius 3 is 2.42 bits per heavy atom. The number of aromatic nitrogens is 3. The molecule has 0 saturated heterocycles. The van der Waals surface area contributed by atoms with Crippen molar-refractivity contribution in [3.8, 4) is 16.9 Å². The summed E-state index contributed by atoms with van der Waals surface area (Å²) in [6.07, 6.45) is 2.81. The Kier molecular flexibility index (Phi) is 7.21. The molecule has 206 valence electrons. The fourth-order valence-electron chi connectivity index (χ4n) is 4.36. The van der Waals surface area contributed by atoms with Gasteiger partial charge in [0.25, 0.3) is 10.0 Å². The van der Waals surface area contributed by atoms with Crippen molar-refractivity contribution in [3.63, 3.8) is 0 Å². The number of nitrogens with one attached hydrogen (secondary N) is 2. The molecule has 5 rings (SSSR count). The van der Waals surface area contributed by atoms with Crippen LogP contribution in [0, 0.1) is 6.92 Å². The van der Waals surface area contributed by atoms with E-state index in [4.69, 9.17) is 4.74 Å². The van der Waals surface area contributed by atoms with Gasteiger partial charge in [-0.25, -0.2) is 21.8 Å². The van der Waals surface area contributed by atoms with Crippen molar-refractivity contribution in [2.24, 2.45) is 0 Å². The Hall–Kier alpha value is -4.42. The highest BCUT2D eigenvalue weighted by molar-refractivity contribution is 7.92. The average molecular weight is 578 g/mol. The van der Waals surface area contributed by atoms with Crippen molar-refractivity contribution >= 4 is 37.0 Å². The highest BCUT2D eigenvalue weighted by atomic mass is 32.2. The molecule has 0 aliphatic rings. The van der Waals surface area contributed by atoms with E-state index in [0.29, 0.717) is 40.5 Å². The van der Waals surface area contributed by atoms with Crippen molar-refractivity contribution in [3.05, 3.63) is 96.3 Å². The molecule has 0 saturated carbocycles. The van der Waals surface area contributed by atoms with Gasteiger partial charge in [0.05, 0.1) is 17.7 Å². The summed E-state index contributed by atoms with van der Waals surface area (Å²) < 4.78 is 60.2. The Bertz CT molecular complexity index is 1920.